The minimum atomic E-state index is -0.669. The Balaban J connectivity index is 1.45. The van der Waals surface area contributed by atoms with Crippen molar-refractivity contribution in [2.45, 2.75) is 57.1 Å². The van der Waals surface area contributed by atoms with E-state index in [1.54, 1.807) is 4.90 Å². The molecule has 2 aliphatic carbocycles. The van der Waals surface area contributed by atoms with Crippen LogP contribution >= 0.6 is 0 Å². The van der Waals surface area contributed by atoms with E-state index in [1.165, 1.54) is 17.5 Å². The third kappa shape index (κ3) is 3.50. The summed E-state index contributed by atoms with van der Waals surface area (Å²) in [6.07, 6.45) is 6.22. The molecule has 1 aliphatic heterocycles. The molecule has 1 heterocycles. The average Bonchev–Trinajstić information content (AvgIpc) is 3.02. The molecule has 0 bridgehead atoms. The minimum Gasteiger partial charge on any atom is -0.389 e. The number of aliphatic hydroxyl groups excluding tert-OH is 1. The fourth-order valence-corrected chi connectivity index (χ4v) is 4.84. The SMILES string of the molecule is O=C(C1CCCCC1)N1CC(=O)N(C2Cc3ccccc3C2)CC(O)C1. The molecular formula is C21H28N2O3. The summed E-state index contributed by atoms with van der Waals surface area (Å²) >= 11 is 0. The minimum absolute atomic E-state index is 0.0245. The van der Waals surface area contributed by atoms with Crippen LogP contribution in [0.2, 0.25) is 0 Å². The summed E-state index contributed by atoms with van der Waals surface area (Å²) in [6.45, 7) is 0.711. The Bertz CT molecular complexity index is 659. The molecule has 0 aromatic heterocycles. The predicted octanol–water partition coefficient (Wildman–Crippen LogP) is 1.77. The van der Waals surface area contributed by atoms with Crippen molar-refractivity contribution in [1.82, 2.24) is 9.80 Å². The van der Waals surface area contributed by atoms with E-state index >= 15 is 0 Å². The molecule has 1 aromatic carbocycles. The maximum atomic E-state index is 12.9. The Hall–Kier alpha value is -1.88. The van der Waals surface area contributed by atoms with E-state index < -0.39 is 6.10 Å². The van der Waals surface area contributed by atoms with Gasteiger partial charge in [0.15, 0.2) is 0 Å². The van der Waals surface area contributed by atoms with E-state index in [1.807, 2.05) is 17.0 Å². The molecule has 26 heavy (non-hydrogen) atoms. The van der Waals surface area contributed by atoms with Crippen LogP contribution in [0.25, 0.3) is 0 Å². The zero-order valence-electron chi connectivity index (χ0n) is 15.3. The third-order valence-corrected chi connectivity index (χ3v) is 6.22. The van der Waals surface area contributed by atoms with Gasteiger partial charge in [0.25, 0.3) is 0 Å². The van der Waals surface area contributed by atoms with Crippen molar-refractivity contribution in [3.63, 3.8) is 0 Å². The maximum absolute atomic E-state index is 12.9. The lowest BCUT2D eigenvalue weighted by Crippen LogP contribution is -2.46. The van der Waals surface area contributed by atoms with E-state index in [9.17, 15) is 14.7 Å². The van der Waals surface area contributed by atoms with Gasteiger partial charge >= 0.3 is 0 Å². The fraction of sp³-hybridized carbons (Fsp3) is 0.619. The van der Waals surface area contributed by atoms with Crippen molar-refractivity contribution in [3.8, 4) is 0 Å². The number of amides is 2. The second kappa shape index (κ2) is 7.39. The van der Waals surface area contributed by atoms with Crippen LogP contribution in [-0.4, -0.2) is 58.5 Å². The van der Waals surface area contributed by atoms with Crippen molar-refractivity contribution >= 4 is 11.8 Å². The van der Waals surface area contributed by atoms with Crippen molar-refractivity contribution in [1.29, 1.82) is 0 Å². The molecule has 1 N–H and O–H groups in total. The molecule has 1 atom stereocenters. The standard InChI is InChI=1S/C21H28N2O3/c24-19-12-22(21(26)15-6-2-1-3-7-15)14-20(25)23(13-19)18-10-16-8-4-5-9-17(16)11-18/h4-5,8-9,15,18-19,24H,1-3,6-7,10-14H2. The zero-order valence-corrected chi connectivity index (χ0v) is 15.3. The largest absolute Gasteiger partial charge is 0.389 e. The summed E-state index contributed by atoms with van der Waals surface area (Å²) in [4.78, 5) is 29.2. The molecule has 1 aromatic rings. The highest BCUT2D eigenvalue weighted by Gasteiger charge is 2.37. The summed E-state index contributed by atoms with van der Waals surface area (Å²) in [5, 5.41) is 10.5. The second-order valence-corrected chi connectivity index (χ2v) is 8.08. The average molecular weight is 356 g/mol. The van der Waals surface area contributed by atoms with Gasteiger partial charge in [-0.1, -0.05) is 43.5 Å². The third-order valence-electron chi connectivity index (χ3n) is 6.22. The van der Waals surface area contributed by atoms with Crippen molar-refractivity contribution in [3.05, 3.63) is 35.4 Å². The van der Waals surface area contributed by atoms with Crippen LogP contribution in [0.4, 0.5) is 0 Å². The maximum Gasteiger partial charge on any atom is 0.242 e. The molecule has 2 fully saturated rings. The van der Waals surface area contributed by atoms with Crippen molar-refractivity contribution < 1.29 is 14.7 Å². The molecule has 3 aliphatic rings. The Morgan fingerprint density at radius 3 is 2.31 bits per heavy atom. The van der Waals surface area contributed by atoms with Gasteiger partial charge in [-0.15, -0.1) is 0 Å². The van der Waals surface area contributed by atoms with Crippen LogP contribution in [0.15, 0.2) is 24.3 Å². The molecule has 0 radical (unpaired) electrons. The highest BCUT2D eigenvalue weighted by Crippen LogP contribution is 2.28. The number of β-amino-alcohol motifs (C(OH)–C–C–N with tert-alkyl or cyclic N) is 1. The van der Waals surface area contributed by atoms with Gasteiger partial charge in [0.05, 0.1) is 12.6 Å². The lowest BCUT2D eigenvalue weighted by atomic mass is 9.88. The first-order valence-electron chi connectivity index (χ1n) is 9.95. The summed E-state index contributed by atoms with van der Waals surface area (Å²) < 4.78 is 0. The first-order valence-corrected chi connectivity index (χ1v) is 9.95. The monoisotopic (exact) mass is 356 g/mol. The number of fused-ring (bicyclic) bond motifs is 1. The van der Waals surface area contributed by atoms with Crippen LogP contribution in [0.5, 0.6) is 0 Å². The molecule has 1 saturated heterocycles. The van der Waals surface area contributed by atoms with Gasteiger partial charge in [0, 0.05) is 25.0 Å². The van der Waals surface area contributed by atoms with Gasteiger partial charge < -0.3 is 14.9 Å². The fourth-order valence-electron chi connectivity index (χ4n) is 4.84. The highest BCUT2D eigenvalue weighted by molar-refractivity contribution is 5.86. The van der Waals surface area contributed by atoms with Crippen LogP contribution in [0.3, 0.4) is 0 Å². The Labute approximate surface area is 155 Å². The van der Waals surface area contributed by atoms with Crippen LogP contribution in [0.1, 0.15) is 43.2 Å². The quantitative estimate of drug-likeness (QED) is 0.878. The normalized spacial score (nSPS) is 25.3. The zero-order chi connectivity index (χ0) is 18.1. The van der Waals surface area contributed by atoms with E-state index in [0.29, 0.717) is 6.54 Å². The Morgan fingerprint density at radius 1 is 1.00 bits per heavy atom. The molecular weight excluding hydrogens is 328 g/mol. The van der Waals surface area contributed by atoms with E-state index in [-0.39, 0.29) is 36.9 Å². The number of nitrogens with zero attached hydrogens (tertiary/aromatic N) is 2. The summed E-state index contributed by atoms with van der Waals surface area (Å²) in [6, 6.07) is 8.40. The molecule has 4 rings (SSSR count). The van der Waals surface area contributed by atoms with Crippen LogP contribution in [-0.2, 0) is 22.4 Å². The molecule has 1 unspecified atom stereocenters. The van der Waals surface area contributed by atoms with Crippen molar-refractivity contribution in [2.24, 2.45) is 5.92 Å². The molecule has 1 saturated carbocycles. The van der Waals surface area contributed by atoms with Crippen LogP contribution < -0.4 is 0 Å². The van der Waals surface area contributed by atoms with Gasteiger partial charge in [0.2, 0.25) is 11.8 Å². The number of benzene rings is 1. The lowest BCUT2D eigenvalue weighted by Gasteiger charge is -2.29. The summed E-state index contributed by atoms with van der Waals surface area (Å²) in [5.41, 5.74) is 2.58. The van der Waals surface area contributed by atoms with E-state index in [2.05, 4.69) is 12.1 Å². The number of aliphatic hydroxyl groups is 1. The van der Waals surface area contributed by atoms with Gasteiger partial charge in [0.1, 0.15) is 0 Å². The van der Waals surface area contributed by atoms with Crippen molar-refractivity contribution in [2.75, 3.05) is 19.6 Å². The molecule has 2 amide bonds. The number of hydrogen-bond acceptors (Lipinski definition) is 3. The van der Waals surface area contributed by atoms with E-state index in [4.69, 9.17) is 0 Å². The topological polar surface area (TPSA) is 60.9 Å². The summed E-state index contributed by atoms with van der Waals surface area (Å²) in [7, 11) is 0. The number of carbonyl (C=O) groups excluding carboxylic acids is 2. The highest BCUT2D eigenvalue weighted by atomic mass is 16.3. The summed E-state index contributed by atoms with van der Waals surface area (Å²) in [5.74, 6) is 0.0724. The number of carbonyl (C=O) groups is 2. The van der Waals surface area contributed by atoms with Gasteiger partial charge in [-0.25, -0.2) is 0 Å². The molecule has 0 spiro atoms. The van der Waals surface area contributed by atoms with Crippen LogP contribution in [0, 0.1) is 5.92 Å². The predicted molar refractivity (Wildman–Crippen MR) is 98.5 cm³/mol. The van der Waals surface area contributed by atoms with Gasteiger partial charge in [-0.3, -0.25) is 9.59 Å². The molecule has 140 valence electrons. The first kappa shape index (κ1) is 17.5. The number of rotatable bonds is 2. The van der Waals surface area contributed by atoms with Gasteiger partial charge in [-0.2, -0.15) is 0 Å². The lowest BCUT2D eigenvalue weighted by molar-refractivity contribution is -0.142. The first-order chi connectivity index (χ1) is 12.6. The second-order valence-electron chi connectivity index (χ2n) is 8.08. The number of hydrogen-bond donors (Lipinski definition) is 1. The Kier molecular flexibility index (Phi) is 4.98. The van der Waals surface area contributed by atoms with Gasteiger partial charge in [-0.05, 0) is 36.8 Å². The molecule has 5 heteroatoms. The Morgan fingerprint density at radius 2 is 1.65 bits per heavy atom. The van der Waals surface area contributed by atoms with E-state index in [0.717, 1.165) is 38.5 Å². The smallest absolute Gasteiger partial charge is 0.242 e. The molecule has 5 nitrogen and oxygen atoms in total.